The second kappa shape index (κ2) is 10.6. The summed E-state index contributed by atoms with van der Waals surface area (Å²) in [7, 11) is -3.50. The number of anilines is 1. The van der Waals surface area contributed by atoms with Crippen molar-refractivity contribution in [2.45, 2.75) is 38.5 Å². The molecule has 0 saturated heterocycles. The first-order chi connectivity index (χ1) is 13.8. The SMILES string of the molecule is CCN(CC)S(=O)(=O)c1ccc(NC(=O)CCCOc2ccc(Cl)cc2C)cc1. The average Bonchev–Trinajstić information content (AvgIpc) is 2.68. The maximum Gasteiger partial charge on any atom is 0.243 e. The fourth-order valence-corrected chi connectivity index (χ4v) is 4.52. The number of nitrogens with one attached hydrogen (secondary N) is 1. The van der Waals surface area contributed by atoms with Crippen molar-refractivity contribution < 1.29 is 17.9 Å². The minimum Gasteiger partial charge on any atom is -0.493 e. The molecule has 0 spiro atoms. The van der Waals surface area contributed by atoms with Crippen molar-refractivity contribution in [3.8, 4) is 5.75 Å². The standard InChI is InChI=1S/C21H27ClN2O4S/c1-4-24(5-2)29(26,27)19-11-9-18(10-12-19)23-21(25)7-6-14-28-20-13-8-17(22)15-16(20)3/h8-13,15H,4-7,14H2,1-3H3,(H,23,25). The molecule has 29 heavy (non-hydrogen) atoms. The monoisotopic (exact) mass is 438 g/mol. The Bertz CT molecular complexity index is 926. The Balaban J connectivity index is 1.83. The zero-order valence-electron chi connectivity index (χ0n) is 16.9. The highest BCUT2D eigenvalue weighted by atomic mass is 35.5. The molecule has 2 aromatic rings. The van der Waals surface area contributed by atoms with Crippen molar-refractivity contribution in [3.05, 3.63) is 53.1 Å². The first-order valence-electron chi connectivity index (χ1n) is 9.57. The van der Waals surface area contributed by atoms with Gasteiger partial charge in [0.25, 0.3) is 0 Å². The van der Waals surface area contributed by atoms with E-state index in [1.165, 1.54) is 16.4 Å². The van der Waals surface area contributed by atoms with E-state index in [-0.39, 0.29) is 10.8 Å². The van der Waals surface area contributed by atoms with Crippen LogP contribution in [0, 0.1) is 6.92 Å². The van der Waals surface area contributed by atoms with Gasteiger partial charge in [0.2, 0.25) is 15.9 Å². The number of hydrogen-bond donors (Lipinski definition) is 1. The summed E-state index contributed by atoms with van der Waals surface area (Å²) in [4.78, 5) is 12.3. The van der Waals surface area contributed by atoms with E-state index in [9.17, 15) is 13.2 Å². The van der Waals surface area contributed by atoms with Gasteiger partial charge in [0.1, 0.15) is 5.75 Å². The van der Waals surface area contributed by atoms with Gasteiger partial charge in [-0.2, -0.15) is 4.31 Å². The minimum atomic E-state index is -3.50. The Morgan fingerprint density at radius 1 is 1.10 bits per heavy atom. The van der Waals surface area contributed by atoms with Gasteiger partial charge in [-0.15, -0.1) is 0 Å². The Hall–Kier alpha value is -2.09. The molecule has 0 saturated carbocycles. The number of nitrogens with zero attached hydrogens (tertiary/aromatic N) is 1. The molecule has 0 heterocycles. The molecule has 0 aliphatic heterocycles. The number of halogens is 1. The van der Waals surface area contributed by atoms with Crippen molar-refractivity contribution in [1.29, 1.82) is 0 Å². The van der Waals surface area contributed by atoms with Gasteiger partial charge in [-0.05, 0) is 61.4 Å². The molecule has 2 rings (SSSR count). The highest BCUT2D eigenvalue weighted by Gasteiger charge is 2.21. The van der Waals surface area contributed by atoms with E-state index in [1.807, 2.05) is 19.1 Å². The lowest BCUT2D eigenvalue weighted by molar-refractivity contribution is -0.116. The molecule has 0 aromatic heterocycles. The summed E-state index contributed by atoms with van der Waals surface area (Å²) in [6, 6.07) is 11.6. The summed E-state index contributed by atoms with van der Waals surface area (Å²) >= 11 is 5.92. The summed E-state index contributed by atoms with van der Waals surface area (Å²) in [6.07, 6.45) is 0.856. The van der Waals surface area contributed by atoms with Gasteiger partial charge < -0.3 is 10.1 Å². The van der Waals surface area contributed by atoms with Gasteiger partial charge in [0, 0.05) is 30.2 Å². The van der Waals surface area contributed by atoms with Gasteiger partial charge in [0.05, 0.1) is 11.5 Å². The van der Waals surface area contributed by atoms with Crippen LogP contribution in [0.2, 0.25) is 5.02 Å². The van der Waals surface area contributed by atoms with Gasteiger partial charge in [-0.25, -0.2) is 8.42 Å². The van der Waals surface area contributed by atoms with Gasteiger partial charge in [-0.1, -0.05) is 25.4 Å². The quantitative estimate of drug-likeness (QED) is 0.555. The largest absolute Gasteiger partial charge is 0.493 e. The summed E-state index contributed by atoms with van der Waals surface area (Å²) < 4.78 is 32.0. The van der Waals surface area contributed by atoms with Crippen LogP contribution < -0.4 is 10.1 Å². The maximum atomic E-state index is 12.5. The molecule has 6 nitrogen and oxygen atoms in total. The molecule has 0 aliphatic carbocycles. The third-order valence-corrected chi connectivity index (χ3v) is 6.72. The number of rotatable bonds is 10. The summed E-state index contributed by atoms with van der Waals surface area (Å²) in [5.74, 6) is 0.598. The van der Waals surface area contributed by atoms with Gasteiger partial charge in [0.15, 0.2) is 0 Å². The number of carbonyl (C=O) groups excluding carboxylic acids is 1. The highest BCUT2D eigenvalue weighted by molar-refractivity contribution is 7.89. The number of ether oxygens (including phenoxy) is 1. The molecule has 0 aliphatic rings. The Kier molecular flexibility index (Phi) is 8.49. The fourth-order valence-electron chi connectivity index (χ4n) is 2.84. The van der Waals surface area contributed by atoms with E-state index in [1.54, 1.807) is 32.0 Å². The normalized spacial score (nSPS) is 11.5. The number of sulfonamides is 1. The molecular weight excluding hydrogens is 412 g/mol. The van der Waals surface area contributed by atoms with E-state index in [4.69, 9.17) is 16.3 Å². The van der Waals surface area contributed by atoms with E-state index in [2.05, 4.69) is 5.32 Å². The highest BCUT2D eigenvalue weighted by Crippen LogP contribution is 2.22. The molecule has 1 N–H and O–H groups in total. The van der Waals surface area contributed by atoms with Crippen LogP contribution in [-0.4, -0.2) is 38.3 Å². The Labute approximate surface area is 177 Å². The summed E-state index contributed by atoms with van der Waals surface area (Å²) in [5.41, 5.74) is 1.50. The summed E-state index contributed by atoms with van der Waals surface area (Å²) in [5, 5.41) is 3.43. The zero-order chi connectivity index (χ0) is 21.4. The first kappa shape index (κ1) is 23.2. The number of amides is 1. The number of aryl methyl sites for hydroxylation is 1. The van der Waals surface area contributed by atoms with Crippen LogP contribution in [-0.2, 0) is 14.8 Å². The molecule has 1 amide bonds. The second-order valence-corrected chi connectivity index (χ2v) is 8.90. The molecule has 0 atom stereocenters. The zero-order valence-corrected chi connectivity index (χ0v) is 18.5. The lowest BCUT2D eigenvalue weighted by atomic mass is 10.2. The predicted octanol–water partition coefficient (Wildman–Crippen LogP) is 4.48. The van der Waals surface area contributed by atoms with E-state index in [0.717, 1.165) is 11.3 Å². The minimum absolute atomic E-state index is 0.152. The third kappa shape index (κ3) is 6.45. The van der Waals surface area contributed by atoms with Crippen LogP contribution in [0.1, 0.15) is 32.3 Å². The van der Waals surface area contributed by atoms with E-state index >= 15 is 0 Å². The molecule has 2 aromatic carbocycles. The predicted molar refractivity (Wildman–Crippen MR) is 116 cm³/mol. The molecule has 0 radical (unpaired) electrons. The van der Waals surface area contributed by atoms with Crippen molar-refractivity contribution in [2.24, 2.45) is 0 Å². The second-order valence-electron chi connectivity index (χ2n) is 6.52. The number of benzene rings is 2. The van der Waals surface area contributed by atoms with Crippen molar-refractivity contribution in [3.63, 3.8) is 0 Å². The molecule has 158 valence electrons. The van der Waals surface area contributed by atoms with Crippen LogP contribution in [0.15, 0.2) is 47.4 Å². The van der Waals surface area contributed by atoms with Crippen LogP contribution >= 0.6 is 11.6 Å². The van der Waals surface area contributed by atoms with E-state index < -0.39 is 10.0 Å². The average molecular weight is 439 g/mol. The van der Waals surface area contributed by atoms with Crippen LogP contribution in [0.4, 0.5) is 5.69 Å². The smallest absolute Gasteiger partial charge is 0.243 e. The van der Waals surface area contributed by atoms with Gasteiger partial charge >= 0.3 is 0 Å². The Morgan fingerprint density at radius 3 is 2.34 bits per heavy atom. The number of hydrogen-bond acceptors (Lipinski definition) is 4. The topological polar surface area (TPSA) is 75.7 Å². The fraction of sp³-hybridized carbons (Fsp3) is 0.381. The van der Waals surface area contributed by atoms with E-state index in [0.29, 0.717) is 43.2 Å². The molecular formula is C21H27ClN2O4S. The first-order valence-corrected chi connectivity index (χ1v) is 11.4. The van der Waals surface area contributed by atoms with Crippen molar-refractivity contribution in [1.82, 2.24) is 4.31 Å². The molecule has 8 heteroatoms. The lowest BCUT2D eigenvalue weighted by Gasteiger charge is -2.18. The Morgan fingerprint density at radius 2 is 1.76 bits per heavy atom. The van der Waals surface area contributed by atoms with Crippen LogP contribution in [0.25, 0.3) is 0 Å². The third-order valence-electron chi connectivity index (χ3n) is 4.42. The van der Waals surface area contributed by atoms with Crippen molar-refractivity contribution in [2.75, 3.05) is 25.0 Å². The van der Waals surface area contributed by atoms with Gasteiger partial charge in [-0.3, -0.25) is 4.79 Å². The molecule has 0 bridgehead atoms. The number of carbonyl (C=O) groups is 1. The summed E-state index contributed by atoms with van der Waals surface area (Å²) in [6.45, 7) is 6.75. The molecule has 0 fully saturated rings. The lowest BCUT2D eigenvalue weighted by Crippen LogP contribution is -2.30. The molecule has 0 unspecified atom stereocenters. The van der Waals surface area contributed by atoms with Crippen LogP contribution in [0.3, 0.4) is 0 Å². The maximum absolute atomic E-state index is 12.5. The van der Waals surface area contributed by atoms with Crippen molar-refractivity contribution >= 4 is 33.2 Å². The van der Waals surface area contributed by atoms with Crippen LogP contribution in [0.5, 0.6) is 5.75 Å².